The first-order valence-electron chi connectivity index (χ1n) is 3.67. The molecule has 0 aromatic carbocycles. The van der Waals surface area contributed by atoms with Gasteiger partial charge in [0.05, 0.1) is 0 Å². The minimum atomic E-state index is 0.215. The number of hydrogen-bond acceptors (Lipinski definition) is 2. The molecule has 3 nitrogen and oxygen atoms in total. The molecule has 0 aromatic heterocycles. The molecule has 0 saturated carbocycles. The maximum absolute atomic E-state index is 5.20. The van der Waals surface area contributed by atoms with Gasteiger partial charge in [0, 0.05) is 5.71 Å². The SMILES string of the molecule is CC[C@H](C)/C(C)=N/NC(N)=S. The number of hydrazone groups is 1. The highest BCUT2D eigenvalue weighted by Gasteiger charge is 2.01. The third-order valence-corrected chi connectivity index (χ3v) is 1.76. The first-order chi connectivity index (χ1) is 5.07. The van der Waals surface area contributed by atoms with Crippen molar-refractivity contribution in [3.05, 3.63) is 0 Å². The van der Waals surface area contributed by atoms with Crippen molar-refractivity contribution in [1.29, 1.82) is 0 Å². The highest BCUT2D eigenvalue weighted by atomic mass is 32.1. The molecule has 0 saturated heterocycles. The monoisotopic (exact) mass is 173 g/mol. The van der Waals surface area contributed by atoms with Crippen LogP contribution in [-0.4, -0.2) is 10.8 Å². The van der Waals surface area contributed by atoms with Crippen molar-refractivity contribution in [2.75, 3.05) is 0 Å². The van der Waals surface area contributed by atoms with Gasteiger partial charge in [-0.2, -0.15) is 5.10 Å². The molecule has 4 heteroatoms. The Morgan fingerprint density at radius 1 is 1.73 bits per heavy atom. The summed E-state index contributed by atoms with van der Waals surface area (Å²) >= 11 is 4.60. The maximum Gasteiger partial charge on any atom is 0.184 e. The standard InChI is InChI=1S/C7H15N3S/c1-4-5(2)6(3)9-10-7(8)11/h5H,4H2,1-3H3,(H3,8,10,11)/b9-6+/t5-/m0/s1. The average molecular weight is 173 g/mol. The van der Waals surface area contributed by atoms with Crippen molar-refractivity contribution < 1.29 is 0 Å². The van der Waals surface area contributed by atoms with Crippen LogP contribution >= 0.6 is 12.2 Å². The molecule has 0 heterocycles. The Morgan fingerprint density at radius 3 is 2.64 bits per heavy atom. The van der Waals surface area contributed by atoms with Gasteiger partial charge in [0.1, 0.15) is 0 Å². The highest BCUT2D eigenvalue weighted by molar-refractivity contribution is 7.80. The Hall–Kier alpha value is -0.640. The Bertz CT molecular complexity index is 165. The van der Waals surface area contributed by atoms with Crippen LogP contribution in [0.1, 0.15) is 27.2 Å². The zero-order chi connectivity index (χ0) is 8.85. The molecule has 0 unspecified atom stereocenters. The zero-order valence-corrected chi connectivity index (χ0v) is 8.03. The lowest BCUT2D eigenvalue weighted by atomic mass is 10.1. The Labute approximate surface area is 73.0 Å². The molecular weight excluding hydrogens is 158 g/mol. The fraction of sp³-hybridized carbons (Fsp3) is 0.714. The van der Waals surface area contributed by atoms with E-state index in [1.807, 2.05) is 6.92 Å². The molecule has 0 fully saturated rings. The van der Waals surface area contributed by atoms with Crippen LogP contribution in [0.25, 0.3) is 0 Å². The summed E-state index contributed by atoms with van der Waals surface area (Å²) in [6.45, 7) is 6.18. The number of nitrogens with two attached hydrogens (primary N) is 1. The van der Waals surface area contributed by atoms with E-state index in [1.165, 1.54) is 0 Å². The van der Waals surface area contributed by atoms with Gasteiger partial charge in [0.15, 0.2) is 5.11 Å². The maximum atomic E-state index is 5.20. The second kappa shape index (κ2) is 5.07. The van der Waals surface area contributed by atoms with Gasteiger partial charge in [-0.05, 0) is 31.5 Å². The van der Waals surface area contributed by atoms with Crippen LogP contribution in [0.15, 0.2) is 5.10 Å². The zero-order valence-electron chi connectivity index (χ0n) is 7.22. The van der Waals surface area contributed by atoms with Crippen molar-refractivity contribution in [3.63, 3.8) is 0 Å². The number of nitrogens with zero attached hydrogens (tertiary/aromatic N) is 1. The van der Waals surface area contributed by atoms with Crippen LogP contribution in [-0.2, 0) is 0 Å². The van der Waals surface area contributed by atoms with Gasteiger partial charge < -0.3 is 5.73 Å². The van der Waals surface area contributed by atoms with Gasteiger partial charge in [-0.25, -0.2) is 0 Å². The highest BCUT2D eigenvalue weighted by Crippen LogP contribution is 2.01. The Balaban J connectivity index is 3.89. The van der Waals surface area contributed by atoms with E-state index in [1.54, 1.807) is 0 Å². The van der Waals surface area contributed by atoms with Gasteiger partial charge in [0.2, 0.25) is 0 Å². The minimum absolute atomic E-state index is 0.215. The predicted octanol–water partition coefficient (Wildman–Crippen LogP) is 1.24. The molecule has 0 radical (unpaired) electrons. The quantitative estimate of drug-likeness (QED) is 0.383. The van der Waals surface area contributed by atoms with Gasteiger partial charge in [-0.1, -0.05) is 13.8 Å². The molecule has 0 amide bonds. The minimum Gasteiger partial charge on any atom is -0.375 e. The van der Waals surface area contributed by atoms with Crippen molar-refractivity contribution in [3.8, 4) is 0 Å². The van der Waals surface area contributed by atoms with Gasteiger partial charge in [-0.15, -0.1) is 0 Å². The van der Waals surface area contributed by atoms with E-state index in [2.05, 4.69) is 36.6 Å². The second-order valence-corrected chi connectivity index (χ2v) is 2.98. The number of hydrogen-bond donors (Lipinski definition) is 2. The van der Waals surface area contributed by atoms with Crippen molar-refractivity contribution in [1.82, 2.24) is 5.43 Å². The van der Waals surface area contributed by atoms with E-state index in [9.17, 15) is 0 Å². The van der Waals surface area contributed by atoms with Crippen molar-refractivity contribution >= 4 is 23.0 Å². The van der Waals surface area contributed by atoms with Crippen LogP contribution in [0.2, 0.25) is 0 Å². The van der Waals surface area contributed by atoms with E-state index in [0.29, 0.717) is 5.92 Å². The molecular formula is C7H15N3S. The van der Waals surface area contributed by atoms with Crippen LogP contribution < -0.4 is 11.2 Å². The van der Waals surface area contributed by atoms with E-state index < -0.39 is 0 Å². The average Bonchev–Trinajstić information content (AvgIpc) is 1.98. The first kappa shape index (κ1) is 10.4. The summed E-state index contributed by atoms with van der Waals surface area (Å²) in [7, 11) is 0. The third-order valence-electron chi connectivity index (χ3n) is 1.67. The van der Waals surface area contributed by atoms with Crippen LogP contribution in [0.4, 0.5) is 0 Å². The van der Waals surface area contributed by atoms with E-state index in [0.717, 1.165) is 12.1 Å². The summed E-state index contributed by atoms with van der Waals surface area (Å²) < 4.78 is 0. The van der Waals surface area contributed by atoms with Crippen molar-refractivity contribution in [2.24, 2.45) is 16.8 Å². The molecule has 3 N–H and O–H groups in total. The van der Waals surface area contributed by atoms with Gasteiger partial charge in [-0.3, -0.25) is 5.43 Å². The predicted molar refractivity (Wildman–Crippen MR) is 52.5 cm³/mol. The van der Waals surface area contributed by atoms with Gasteiger partial charge in [0.25, 0.3) is 0 Å². The number of rotatable bonds is 3. The summed E-state index contributed by atoms with van der Waals surface area (Å²) in [5.74, 6) is 0.483. The summed E-state index contributed by atoms with van der Waals surface area (Å²) in [4.78, 5) is 0. The molecule has 64 valence electrons. The fourth-order valence-corrected chi connectivity index (χ4v) is 0.595. The summed E-state index contributed by atoms with van der Waals surface area (Å²) in [6.07, 6.45) is 1.08. The second-order valence-electron chi connectivity index (χ2n) is 2.54. The Kier molecular flexibility index (Phi) is 4.77. The van der Waals surface area contributed by atoms with Crippen LogP contribution in [0, 0.1) is 5.92 Å². The fourth-order valence-electron chi connectivity index (χ4n) is 0.549. The van der Waals surface area contributed by atoms with Crippen molar-refractivity contribution in [2.45, 2.75) is 27.2 Å². The molecule has 0 aromatic rings. The van der Waals surface area contributed by atoms with E-state index in [-0.39, 0.29) is 5.11 Å². The normalized spacial score (nSPS) is 14.3. The van der Waals surface area contributed by atoms with Crippen LogP contribution in [0.5, 0.6) is 0 Å². The number of nitrogens with one attached hydrogen (secondary N) is 1. The van der Waals surface area contributed by atoms with Crippen LogP contribution in [0.3, 0.4) is 0 Å². The molecule has 0 rings (SSSR count). The van der Waals surface area contributed by atoms with E-state index in [4.69, 9.17) is 5.73 Å². The molecule has 0 aliphatic rings. The molecule has 0 bridgehead atoms. The molecule has 0 aliphatic carbocycles. The lowest BCUT2D eigenvalue weighted by Crippen LogP contribution is -2.26. The summed E-state index contributed by atoms with van der Waals surface area (Å²) in [5.41, 5.74) is 8.78. The third kappa shape index (κ3) is 4.72. The lowest BCUT2D eigenvalue weighted by molar-refractivity contribution is 0.727. The smallest absolute Gasteiger partial charge is 0.184 e. The molecule has 11 heavy (non-hydrogen) atoms. The van der Waals surface area contributed by atoms with E-state index >= 15 is 0 Å². The molecule has 1 atom stereocenters. The summed E-state index contributed by atoms with van der Waals surface area (Å²) in [5, 5.41) is 4.21. The molecule has 0 aliphatic heterocycles. The number of thiocarbonyl (C=S) groups is 1. The van der Waals surface area contributed by atoms with Gasteiger partial charge >= 0.3 is 0 Å². The topological polar surface area (TPSA) is 50.4 Å². The summed E-state index contributed by atoms with van der Waals surface area (Å²) in [6, 6.07) is 0. The Morgan fingerprint density at radius 2 is 2.27 bits per heavy atom. The lowest BCUT2D eigenvalue weighted by Gasteiger charge is -2.07. The largest absolute Gasteiger partial charge is 0.375 e. The first-order valence-corrected chi connectivity index (χ1v) is 4.08. The molecule has 0 spiro atoms.